The van der Waals surface area contributed by atoms with Crippen molar-refractivity contribution in [3.8, 4) is 5.75 Å². The molecule has 4 nitrogen and oxygen atoms in total. The smallest absolute Gasteiger partial charge is 0.259 e. The minimum atomic E-state index is -0.285. The van der Waals surface area contributed by atoms with Crippen LogP contribution in [0.2, 0.25) is 5.02 Å². The minimum absolute atomic E-state index is 0.285. The first kappa shape index (κ1) is 16.6. The molecule has 0 amide bonds. The summed E-state index contributed by atoms with van der Waals surface area (Å²) in [5.41, 5.74) is 1.10. The van der Waals surface area contributed by atoms with Gasteiger partial charge in [0.1, 0.15) is 5.75 Å². The highest BCUT2D eigenvalue weighted by atomic mass is 35.5. The predicted octanol–water partition coefficient (Wildman–Crippen LogP) is 4.71. The van der Waals surface area contributed by atoms with Gasteiger partial charge in [-0.05, 0) is 48.9 Å². The van der Waals surface area contributed by atoms with Crippen molar-refractivity contribution >= 4 is 45.2 Å². The zero-order chi connectivity index (χ0) is 17.1. The summed E-state index contributed by atoms with van der Waals surface area (Å²) in [6, 6.07) is 12.5. The molecule has 0 fully saturated rings. The number of fused-ring (bicyclic) bond motifs is 1. The molecule has 3 aromatic rings. The number of rotatable bonds is 4. The zero-order valence-electron chi connectivity index (χ0n) is 12.8. The Morgan fingerprint density at radius 3 is 2.92 bits per heavy atom. The molecule has 6 heteroatoms. The molecule has 3 rings (SSSR count). The van der Waals surface area contributed by atoms with Gasteiger partial charge in [0.2, 0.25) is 0 Å². The average Bonchev–Trinajstić information content (AvgIpc) is 2.56. The fourth-order valence-electron chi connectivity index (χ4n) is 2.30. The third-order valence-electron chi connectivity index (χ3n) is 3.36. The Bertz CT molecular complexity index is 980. The molecule has 0 saturated carbocycles. The molecule has 0 aliphatic heterocycles. The van der Waals surface area contributed by atoms with Crippen LogP contribution in [-0.2, 0) is 0 Å². The van der Waals surface area contributed by atoms with E-state index in [9.17, 15) is 4.79 Å². The second-order valence-electron chi connectivity index (χ2n) is 5.07. The van der Waals surface area contributed by atoms with Gasteiger partial charge < -0.3 is 9.72 Å². The largest absolute Gasteiger partial charge is 0.494 e. The van der Waals surface area contributed by atoms with E-state index in [1.165, 1.54) is 0 Å². The van der Waals surface area contributed by atoms with E-state index in [4.69, 9.17) is 27.9 Å². The summed E-state index contributed by atoms with van der Waals surface area (Å²) in [5, 5.41) is 1.24. The van der Waals surface area contributed by atoms with Crippen molar-refractivity contribution in [2.45, 2.75) is 6.92 Å². The Morgan fingerprint density at radius 2 is 2.12 bits per heavy atom. The molecule has 24 heavy (non-hydrogen) atoms. The molecule has 2 aromatic carbocycles. The first-order valence-electron chi connectivity index (χ1n) is 7.37. The van der Waals surface area contributed by atoms with Gasteiger partial charge in [0, 0.05) is 5.02 Å². The molecule has 122 valence electrons. The molecule has 1 N–H and O–H groups in total. The van der Waals surface area contributed by atoms with E-state index in [0.717, 1.165) is 11.3 Å². The van der Waals surface area contributed by atoms with E-state index in [1.54, 1.807) is 24.3 Å². The Hall–Kier alpha value is -2.30. The molecule has 0 saturated heterocycles. The number of halogens is 2. The summed E-state index contributed by atoms with van der Waals surface area (Å²) >= 11 is 12.2. The number of nitrogens with zero attached hydrogens (tertiary/aromatic N) is 1. The number of hydrogen-bond donors (Lipinski definition) is 1. The van der Waals surface area contributed by atoms with Gasteiger partial charge >= 0.3 is 0 Å². The van der Waals surface area contributed by atoms with Crippen molar-refractivity contribution in [2.75, 3.05) is 6.61 Å². The van der Waals surface area contributed by atoms with Crippen LogP contribution >= 0.6 is 23.2 Å². The average molecular weight is 361 g/mol. The number of aromatic amines is 1. The molecule has 0 bridgehead atoms. The van der Waals surface area contributed by atoms with E-state index in [0.29, 0.717) is 33.4 Å². The molecule has 0 aliphatic carbocycles. The zero-order valence-corrected chi connectivity index (χ0v) is 14.4. The quantitative estimate of drug-likeness (QED) is 0.732. The minimum Gasteiger partial charge on any atom is -0.494 e. The second-order valence-corrected chi connectivity index (χ2v) is 5.92. The molecule has 1 aromatic heterocycles. The van der Waals surface area contributed by atoms with Crippen LogP contribution in [0, 0.1) is 0 Å². The van der Waals surface area contributed by atoms with E-state index in [2.05, 4.69) is 9.97 Å². The molecule has 0 aliphatic rings. The highest BCUT2D eigenvalue weighted by molar-refractivity contribution is 6.50. The fraction of sp³-hybridized carbons (Fsp3) is 0.111. The van der Waals surface area contributed by atoms with Crippen molar-refractivity contribution in [1.29, 1.82) is 0 Å². The van der Waals surface area contributed by atoms with Gasteiger partial charge in [0.05, 0.1) is 22.5 Å². The Labute approximate surface area is 148 Å². The van der Waals surface area contributed by atoms with Crippen molar-refractivity contribution in [3.63, 3.8) is 0 Å². The van der Waals surface area contributed by atoms with Crippen LogP contribution in [0.3, 0.4) is 0 Å². The van der Waals surface area contributed by atoms with Crippen LogP contribution in [0.5, 0.6) is 5.75 Å². The summed E-state index contributed by atoms with van der Waals surface area (Å²) in [7, 11) is 0. The molecule has 0 spiro atoms. The summed E-state index contributed by atoms with van der Waals surface area (Å²) in [5.74, 6) is 1.06. The van der Waals surface area contributed by atoms with Gasteiger partial charge in [0.15, 0.2) is 5.82 Å². The summed E-state index contributed by atoms with van der Waals surface area (Å²) < 4.78 is 5.46. The fourth-order valence-corrected chi connectivity index (χ4v) is 2.69. The molecule has 0 unspecified atom stereocenters. The summed E-state index contributed by atoms with van der Waals surface area (Å²) in [4.78, 5) is 19.3. The summed E-state index contributed by atoms with van der Waals surface area (Å²) in [6.07, 6.45) is 1.73. The first-order chi connectivity index (χ1) is 11.6. The monoisotopic (exact) mass is 360 g/mol. The van der Waals surface area contributed by atoms with E-state index >= 15 is 0 Å². The number of hydrogen-bond acceptors (Lipinski definition) is 3. The van der Waals surface area contributed by atoms with Gasteiger partial charge in [-0.1, -0.05) is 35.3 Å². The third-order valence-corrected chi connectivity index (χ3v) is 3.88. The van der Waals surface area contributed by atoms with Gasteiger partial charge in [-0.15, -0.1) is 0 Å². The number of nitrogens with one attached hydrogen (secondary N) is 1. The van der Waals surface area contributed by atoms with Gasteiger partial charge in [-0.25, -0.2) is 4.98 Å². The molecule has 0 atom stereocenters. The predicted molar refractivity (Wildman–Crippen MR) is 98.7 cm³/mol. The Balaban J connectivity index is 2.02. The molecule has 0 radical (unpaired) electrons. The molecular formula is C18H14Cl2N2O2. The van der Waals surface area contributed by atoms with Gasteiger partial charge in [0.25, 0.3) is 5.56 Å². The van der Waals surface area contributed by atoms with Crippen LogP contribution < -0.4 is 10.3 Å². The summed E-state index contributed by atoms with van der Waals surface area (Å²) in [6.45, 7) is 2.51. The highest BCUT2D eigenvalue weighted by Gasteiger charge is 2.07. The molecular weight excluding hydrogens is 347 g/mol. The van der Waals surface area contributed by atoms with Crippen LogP contribution in [0.4, 0.5) is 0 Å². The maximum absolute atomic E-state index is 12.2. The van der Waals surface area contributed by atoms with Crippen LogP contribution in [-0.4, -0.2) is 16.6 Å². The van der Waals surface area contributed by atoms with Crippen molar-refractivity contribution in [3.05, 3.63) is 69.2 Å². The van der Waals surface area contributed by atoms with E-state index in [-0.39, 0.29) is 5.56 Å². The lowest BCUT2D eigenvalue weighted by Crippen LogP contribution is -2.10. The normalized spacial score (nSPS) is 11.7. The van der Waals surface area contributed by atoms with Crippen LogP contribution in [0.1, 0.15) is 18.3 Å². The third kappa shape index (κ3) is 3.61. The van der Waals surface area contributed by atoms with Crippen LogP contribution in [0.25, 0.3) is 22.0 Å². The SMILES string of the molecule is CCOc1cccc(/C=C(/Cl)c2nc3ccc(Cl)cc3c(=O)[nH]2)c1. The Kier molecular flexibility index (Phi) is 4.88. The van der Waals surface area contributed by atoms with E-state index in [1.807, 2.05) is 31.2 Å². The molecule has 1 heterocycles. The number of ether oxygens (including phenoxy) is 1. The number of aromatic nitrogens is 2. The second kappa shape index (κ2) is 7.07. The lowest BCUT2D eigenvalue weighted by molar-refractivity contribution is 0.340. The highest BCUT2D eigenvalue weighted by Crippen LogP contribution is 2.23. The maximum atomic E-state index is 12.2. The topological polar surface area (TPSA) is 55.0 Å². The first-order valence-corrected chi connectivity index (χ1v) is 8.12. The standard InChI is InChI=1S/C18H14Cl2N2O2/c1-2-24-13-5-3-4-11(8-13)9-15(20)17-21-16-7-6-12(19)10-14(16)18(23)22-17/h3-10H,2H2,1H3,(H,21,22,23)/b15-9+. The van der Waals surface area contributed by atoms with Gasteiger partial charge in [-0.2, -0.15) is 0 Å². The van der Waals surface area contributed by atoms with Crippen molar-refractivity contribution in [2.24, 2.45) is 0 Å². The van der Waals surface area contributed by atoms with Crippen molar-refractivity contribution in [1.82, 2.24) is 9.97 Å². The van der Waals surface area contributed by atoms with Crippen molar-refractivity contribution < 1.29 is 4.74 Å². The lowest BCUT2D eigenvalue weighted by atomic mass is 10.2. The maximum Gasteiger partial charge on any atom is 0.259 e. The lowest BCUT2D eigenvalue weighted by Gasteiger charge is -2.05. The van der Waals surface area contributed by atoms with E-state index < -0.39 is 0 Å². The number of benzene rings is 2. The van der Waals surface area contributed by atoms with Crippen LogP contribution in [0.15, 0.2) is 47.3 Å². The van der Waals surface area contributed by atoms with Gasteiger partial charge in [-0.3, -0.25) is 4.79 Å². The number of H-pyrrole nitrogens is 1. The Morgan fingerprint density at radius 1 is 1.29 bits per heavy atom.